The molecule has 0 spiro atoms. The van der Waals surface area contributed by atoms with Crippen molar-refractivity contribution in [3.8, 4) is 16.9 Å². The number of aryl methyl sites for hydroxylation is 1. The minimum Gasteiger partial charge on any atom is -0.480 e. The van der Waals surface area contributed by atoms with Crippen LogP contribution in [0, 0.1) is 6.92 Å². The van der Waals surface area contributed by atoms with Gasteiger partial charge in [-0.1, -0.05) is 60.2 Å². The second-order valence-electron chi connectivity index (χ2n) is 8.46. The zero-order valence-electron chi connectivity index (χ0n) is 20.5. The summed E-state index contributed by atoms with van der Waals surface area (Å²) in [6.45, 7) is 1.50. The zero-order chi connectivity index (χ0) is 26.4. The van der Waals surface area contributed by atoms with Crippen LogP contribution in [0.2, 0.25) is 0 Å². The minimum atomic E-state index is -1.11. The molecule has 0 aliphatic carbocycles. The predicted octanol–water partition coefficient (Wildman–Crippen LogP) is 5.65. The van der Waals surface area contributed by atoms with Gasteiger partial charge in [-0.15, -0.1) is 0 Å². The first-order valence-corrected chi connectivity index (χ1v) is 11.6. The number of nitrogens with zero attached hydrogens (tertiary/aromatic N) is 1. The monoisotopic (exact) mass is 494 g/mol. The molecule has 37 heavy (non-hydrogen) atoms. The number of carboxylic acids is 1. The highest BCUT2D eigenvalue weighted by Crippen LogP contribution is 2.29. The molecule has 0 aliphatic rings. The molecule has 4 aromatic rings. The summed E-state index contributed by atoms with van der Waals surface area (Å²) in [6, 6.07) is 28.7. The Bertz CT molecular complexity index is 1430. The zero-order valence-corrected chi connectivity index (χ0v) is 20.5. The maximum atomic E-state index is 13.1. The topological polar surface area (TPSA) is 95.9 Å². The standard InChI is InChI=1S/C30H26N2O5/c1-20-11-13-21(14-12-20)24-7-3-4-8-25(24)29(35)31-23-17-15-22(16-18-23)30(36)32(2)26-9-5-6-10-27(26)37-19-28(33)34/h3-18H,19H2,1-2H3,(H,31,35)(H,33,34). The third-order valence-corrected chi connectivity index (χ3v) is 5.81. The number of benzene rings is 4. The Labute approximate surface area is 214 Å². The lowest BCUT2D eigenvalue weighted by molar-refractivity contribution is -0.139. The number of para-hydroxylation sites is 2. The summed E-state index contributed by atoms with van der Waals surface area (Å²) in [7, 11) is 1.59. The molecule has 186 valence electrons. The SMILES string of the molecule is Cc1ccc(-c2ccccc2C(=O)Nc2ccc(C(=O)N(C)c3ccccc3OCC(=O)O)cc2)cc1. The third kappa shape index (κ3) is 6.02. The van der Waals surface area contributed by atoms with Crippen LogP contribution in [0.25, 0.3) is 11.1 Å². The second-order valence-corrected chi connectivity index (χ2v) is 8.46. The van der Waals surface area contributed by atoms with Gasteiger partial charge in [0.1, 0.15) is 5.75 Å². The average Bonchev–Trinajstić information content (AvgIpc) is 2.92. The van der Waals surface area contributed by atoms with Crippen LogP contribution in [0.1, 0.15) is 26.3 Å². The van der Waals surface area contributed by atoms with Crippen LogP contribution in [0.3, 0.4) is 0 Å². The fourth-order valence-corrected chi connectivity index (χ4v) is 3.86. The van der Waals surface area contributed by atoms with Crippen LogP contribution in [0.5, 0.6) is 5.75 Å². The molecule has 2 N–H and O–H groups in total. The first kappa shape index (κ1) is 25.2. The highest BCUT2D eigenvalue weighted by Gasteiger charge is 2.18. The molecule has 0 bridgehead atoms. The summed E-state index contributed by atoms with van der Waals surface area (Å²) in [5, 5.41) is 11.8. The van der Waals surface area contributed by atoms with Crippen LogP contribution >= 0.6 is 0 Å². The third-order valence-electron chi connectivity index (χ3n) is 5.81. The Morgan fingerprint density at radius 2 is 1.49 bits per heavy atom. The molecular weight excluding hydrogens is 468 g/mol. The number of nitrogens with one attached hydrogen (secondary N) is 1. The lowest BCUT2D eigenvalue weighted by atomic mass is 9.98. The van der Waals surface area contributed by atoms with E-state index < -0.39 is 12.6 Å². The van der Waals surface area contributed by atoms with Crippen molar-refractivity contribution in [2.45, 2.75) is 6.92 Å². The van der Waals surface area contributed by atoms with E-state index in [4.69, 9.17) is 9.84 Å². The van der Waals surface area contributed by atoms with E-state index in [1.54, 1.807) is 61.6 Å². The van der Waals surface area contributed by atoms with Gasteiger partial charge in [-0.05, 0) is 60.5 Å². The molecule has 0 aromatic heterocycles. The van der Waals surface area contributed by atoms with Crippen LogP contribution in [0.4, 0.5) is 11.4 Å². The molecule has 4 aromatic carbocycles. The Hall–Kier alpha value is -4.91. The molecule has 2 amide bonds. The summed E-state index contributed by atoms with van der Waals surface area (Å²) in [5.74, 6) is -1.38. The van der Waals surface area contributed by atoms with Crippen molar-refractivity contribution in [2.24, 2.45) is 0 Å². The largest absolute Gasteiger partial charge is 0.480 e. The van der Waals surface area contributed by atoms with E-state index in [0.717, 1.165) is 16.7 Å². The molecule has 0 aliphatic heterocycles. The summed E-state index contributed by atoms with van der Waals surface area (Å²) in [5.41, 5.74) is 4.86. The maximum absolute atomic E-state index is 13.1. The minimum absolute atomic E-state index is 0.253. The molecule has 0 heterocycles. The van der Waals surface area contributed by atoms with Crippen LogP contribution in [-0.4, -0.2) is 36.5 Å². The molecule has 0 radical (unpaired) electrons. The van der Waals surface area contributed by atoms with E-state index >= 15 is 0 Å². The van der Waals surface area contributed by atoms with Crippen molar-refractivity contribution >= 4 is 29.2 Å². The van der Waals surface area contributed by atoms with E-state index in [2.05, 4.69) is 5.32 Å². The first-order valence-electron chi connectivity index (χ1n) is 11.6. The van der Waals surface area contributed by atoms with Gasteiger partial charge in [0, 0.05) is 23.9 Å². The van der Waals surface area contributed by atoms with Crippen molar-refractivity contribution < 1.29 is 24.2 Å². The number of rotatable bonds is 8. The fourth-order valence-electron chi connectivity index (χ4n) is 3.86. The number of anilines is 2. The predicted molar refractivity (Wildman–Crippen MR) is 143 cm³/mol. The summed E-state index contributed by atoms with van der Waals surface area (Å²) in [4.78, 5) is 38.4. The van der Waals surface area contributed by atoms with E-state index in [1.807, 2.05) is 49.4 Å². The Kier molecular flexibility index (Phi) is 7.64. The van der Waals surface area contributed by atoms with Crippen molar-refractivity contribution in [1.29, 1.82) is 0 Å². The van der Waals surface area contributed by atoms with E-state index in [9.17, 15) is 14.4 Å². The molecule has 0 unspecified atom stereocenters. The maximum Gasteiger partial charge on any atom is 0.341 e. The Morgan fingerprint density at radius 1 is 0.838 bits per heavy atom. The van der Waals surface area contributed by atoms with Gasteiger partial charge in [0.25, 0.3) is 11.8 Å². The summed E-state index contributed by atoms with van der Waals surface area (Å²) >= 11 is 0. The van der Waals surface area contributed by atoms with Gasteiger partial charge in [-0.2, -0.15) is 0 Å². The van der Waals surface area contributed by atoms with Crippen LogP contribution in [-0.2, 0) is 4.79 Å². The smallest absolute Gasteiger partial charge is 0.341 e. The number of carbonyl (C=O) groups excluding carboxylic acids is 2. The van der Waals surface area contributed by atoms with E-state index in [0.29, 0.717) is 22.5 Å². The number of ether oxygens (including phenoxy) is 1. The summed E-state index contributed by atoms with van der Waals surface area (Å²) < 4.78 is 5.32. The second kappa shape index (κ2) is 11.2. The van der Waals surface area contributed by atoms with Gasteiger partial charge >= 0.3 is 5.97 Å². The first-order chi connectivity index (χ1) is 17.8. The molecule has 0 atom stereocenters. The molecule has 0 saturated heterocycles. The molecule has 7 heteroatoms. The van der Waals surface area contributed by atoms with Gasteiger partial charge in [0.15, 0.2) is 6.61 Å². The number of carboxylic acid groups (broad SMARTS) is 1. The van der Waals surface area contributed by atoms with Crippen LogP contribution < -0.4 is 15.0 Å². The number of aliphatic carboxylic acids is 1. The summed E-state index contributed by atoms with van der Waals surface area (Å²) in [6.07, 6.45) is 0. The normalized spacial score (nSPS) is 10.4. The quantitative estimate of drug-likeness (QED) is 0.330. The highest BCUT2D eigenvalue weighted by atomic mass is 16.5. The van der Waals surface area contributed by atoms with Crippen molar-refractivity contribution in [3.05, 3.63) is 114 Å². The Morgan fingerprint density at radius 3 is 2.19 bits per heavy atom. The molecule has 0 saturated carbocycles. The number of amides is 2. The fraction of sp³-hybridized carbons (Fsp3) is 0.100. The average molecular weight is 495 g/mol. The molecular formula is C30H26N2O5. The van der Waals surface area contributed by atoms with Gasteiger partial charge < -0.3 is 20.1 Å². The van der Waals surface area contributed by atoms with Crippen LogP contribution in [0.15, 0.2) is 97.1 Å². The van der Waals surface area contributed by atoms with Crippen molar-refractivity contribution in [1.82, 2.24) is 0 Å². The number of hydrogen-bond donors (Lipinski definition) is 2. The van der Waals surface area contributed by atoms with Gasteiger partial charge in [0.2, 0.25) is 0 Å². The number of hydrogen-bond acceptors (Lipinski definition) is 4. The highest BCUT2D eigenvalue weighted by molar-refractivity contribution is 6.09. The molecule has 0 fully saturated rings. The molecule has 4 rings (SSSR count). The van der Waals surface area contributed by atoms with E-state index in [-0.39, 0.29) is 17.6 Å². The lowest BCUT2D eigenvalue weighted by Crippen LogP contribution is -2.27. The van der Waals surface area contributed by atoms with Crippen molar-refractivity contribution in [2.75, 3.05) is 23.9 Å². The van der Waals surface area contributed by atoms with Gasteiger partial charge in [-0.25, -0.2) is 4.79 Å². The van der Waals surface area contributed by atoms with Gasteiger partial charge in [-0.3, -0.25) is 9.59 Å². The van der Waals surface area contributed by atoms with E-state index in [1.165, 1.54) is 4.90 Å². The lowest BCUT2D eigenvalue weighted by Gasteiger charge is -2.20. The Balaban J connectivity index is 1.49. The number of carbonyl (C=O) groups is 3. The van der Waals surface area contributed by atoms with Crippen molar-refractivity contribution in [3.63, 3.8) is 0 Å². The van der Waals surface area contributed by atoms with Gasteiger partial charge in [0.05, 0.1) is 5.69 Å². The molecule has 7 nitrogen and oxygen atoms in total.